The van der Waals surface area contributed by atoms with E-state index >= 15 is 0 Å². The molecular formula is C23H19ClFN. The van der Waals surface area contributed by atoms with Crippen molar-refractivity contribution in [3.63, 3.8) is 0 Å². The lowest BCUT2D eigenvalue weighted by molar-refractivity contribution is 0.627. The van der Waals surface area contributed by atoms with E-state index in [0.29, 0.717) is 16.2 Å². The second-order valence-electron chi connectivity index (χ2n) is 6.31. The number of fused-ring (bicyclic) bond motifs is 1. The van der Waals surface area contributed by atoms with Crippen LogP contribution in [-0.2, 0) is 6.42 Å². The Hall–Kier alpha value is -2.63. The SMILES string of the molecule is CCCCc1cc(Cl)c2c(C=C(C#N)c3cccc(F)c3)cccc2c1. The van der Waals surface area contributed by atoms with Gasteiger partial charge in [-0.25, -0.2) is 4.39 Å². The molecule has 0 aliphatic carbocycles. The van der Waals surface area contributed by atoms with Crippen LogP contribution in [0.4, 0.5) is 4.39 Å². The molecule has 0 aliphatic rings. The topological polar surface area (TPSA) is 23.8 Å². The second-order valence-corrected chi connectivity index (χ2v) is 6.71. The standard InChI is InChI=1S/C23H19ClFN/c1-2-3-6-16-11-18-8-4-9-19(23(18)22(24)12-16)13-20(15-26)17-7-5-10-21(25)14-17/h4-5,7-14H,2-3,6H2,1H3. The van der Waals surface area contributed by atoms with Gasteiger partial charge >= 0.3 is 0 Å². The minimum Gasteiger partial charge on any atom is -0.207 e. The fourth-order valence-electron chi connectivity index (χ4n) is 3.10. The van der Waals surface area contributed by atoms with Gasteiger partial charge in [0.1, 0.15) is 5.82 Å². The Bertz CT molecular complexity index is 1010. The maximum atomic E-state index is 13.5. The minimum atomic E-state index is -0.361. The quantitative estimate of drug-likeness (QED) is 0.352. The van der Waals surface area contributed by atoms with Crippen molar-refractivity contribution in [2.24, 2.45) is 0 Å². The second kappa shape index (κ2) is 8.17. The Morgan fingerprint density at radius 3 is 2.69 bits per heavy atom. The molecule has 0 aromatic heterocycles. The first-order chi connectivity index (χ1) is 12.6. The zero-order valence-corrected chi connectivity index (χ0v) is 15.4. The first-order valence-corrected chi connectivity index (χ1v) is 9.09. The van der Waals surface area contributed by atoms with E-state index in [1.165, 1.54) is 17.7 Å². The van der Waals surface area contributed by atoms with Gasteiger partial charge in [0, 0.05) is 10.4 Å². The van der Waals surface area contributed by atoms with Crippen molar-refractivity contribution in [3.8, 4) is 6.07 Å². The number of hydrogen-bond donors (Lipinski definition) is 0. The maximum absolute atomic E-state index is 13.5. The van der Waals surface area contributed by atoms with E-state index in [-0.39, 0.29) is 5.82 Å². The maximum Gasteiger partial charge on any atom is 0.123 e. The summed E-state index contributed by atoms with van der Waals surface area (Å²) in [6.07, 6.45) is 5.03. The molecule has 3 aromatic carbocycles. The third-order valence-corrected chi connectivity index (χ3v) is 4.69. The number of benzene rings is 3. The highest BCUT2D eigenvalue weighted by Gasteiger charge is 2.09. The smallest absolute Gasteiger partial charge is 0.123 e. The molecule has 0 N–H and O–H groups in total. The van der Waals surface area contributed by atoms with E-state index < -0.39 is 0 Å². The zero-order chi connectivity index (χ0) is 18.5. The lowest BCUT2D eigenvalue weighted by Crippen LogP contribution is -1.89. The molecule has 0 fully saturated rings. The van der Waals surface area contributed by atoms with Gasteiger partial charge in [0.15, 0.2) is 0 Å². The van der Waals surface area contributed by atoms with Gasteiger partial charge in [-0.15, -0.1) is 0 Å². The van der Waals surface area contributed by atoms with Crippen LogP contribution in [0.1, 0.15) is 36.5 Å². The molecule has 130 valence electrons. The van der Waals surface area contributed by atoms with Gasteiger partial charge in [-0.05, 0) is 59.2 Å². The largest absolute Gasteiger partial charge is 0.207 e. The highest BCUT2D eigenvalue weighted by molar-refractivity contribution is 6.36. The summed E-state index contributed by atoms with van der Waals surface area (Å²) in [4.78, 5) is 0. The van der Waals surface area contributed by atoms with Gasteiger partial charge in [-0.1, -0.05) is 61.3 Å². The van der Waals surface area contributed by atoms with Crippen molar-refractivity contribution >= 4 is 34.0 Å². The van der Waals surface area contributed by atoms with Crippen LogP contribution in [-0.4, -0.2) is 0 Å². The summed E-state index contributed by atoms with van der Waals surface area (Å²) >= 11 is 6.57. The van der Waals surface area contributed by atoms with Crippen molar-refractivity contribution in [1.82, 2.24) is 0 Å². The van der Waals surface area contributed by atoms with Gasteiger partial charge in [-0.2, -0.15) is 5.26 Å². The molecule has 0 saturated carbocycles. The van der Waals surface area contributed by atoms with E-state index in [1.807, 2.05) is 24.3 Å². The lowest BCUT2D eigenvalue weighted by atomic mass is 9.97. The molecular weight excluding hydrogens is 345 g/mol. The number of allylic oxidation sites excluding steroid dienone is 1. The number of aryl methyl sites for hydroxylation is 1. The number of nitriles is 1. The van der Waals surface area contributed by atoms with Crippen molar-refractivity contribution in [2.75, 3.05) is 0 Å². The zero-order valence-electron chi connectivity index (χ0n) is 14.6. The summed E-state index contributed by atoms with van der Waals surface area (Å²) in [7, 11) is 0. The van der Waals surface area contributed by atoms with Gasteiger partial charge in [0.25, 0.3) is 0 Å². The molecule has 0 bridgehead atoms. The van der Waals surface area contributed by atoms with Gasteiger partial charge in [0.05, 0.1) is 11.6 Å². The van der Waals surface area contributed by atoms with Crippen LogP contribution in [0.15, 0.2) is 54.6 Å². The molecule has 0 atom stereocenters. The third kappa shape index (κ3) is 3.95. The number of unbranched alkanes of at least 4 members (excludes halogenated alkanes) is 1. The van der Waals surface area contributed by atoms with E-state index in [9.17, 15) is 9.65 Å². The van der Waals surface area contributed by atoms with Crippen LogP contribution < -0.4 is 0 Å². The average Bonchev–Trinajstić information content (AvgIpc) is 2.64. The number of halogens is 2. The monoisotopic (exact) mass is 363 g/mol. The highest BCUT2D eigenvalue weighted by Crippen LogP contribution is 2.31. The van der Waals surface area contributed by atoms with Crippen LogP contribution in [0.3, 0.4) is 0 Å². The Morgan fingerprint density at radius 2 is 1.96 bits per heavy atom. The minimum absolute atomic E-state index is 0.361. The molecule has 1 nitrogen and oxygen atoms in total. The van der Waals surface area contributed by atoms with E-state index in [2.05, 4.69) is 19.1 Å². The summed E-state index contributed by atoms with van der Waals surface area (Å²) in [6.45, 7) is 2.17. The summed E-state index contributed by atoms with van der Waals surface area (Å²) < 4.78 is 13.5. The first kappa shape index (κ1) is 18.2. The lowest BCUT2D eigenvalue weighted by Gasteiger charge is -2.09. The molecule has 3 rings (SSSR count). The van der Waals surface area contributed by atoms with E-state index in [4.69, 9.17) is 11.6 Å². The molecule has 0 saturated heterocycles. The van der Waals surface area contributed by atoms with Crippen LogP contribution in [0.25, 0.3) is 22.4 Å². The molecule has 0 heterocycles. The Morgan fingerprint density at radius 1 is 1.15 bits per heavy atom. The van der Waals surface area contributed by atoms with Crippen LogP contribution >= 0.6 is 11.6 Å². The van der Waals surface area contributed by atoms with Crippen LogP contribution in [0.5, 0.6) is 0 Å². The van der Waals surface area contributed by atoms with Crippen molar-refractivity contribution < 1.29 is 4.39 Å². The Kier molecular flexibility index (Phi) is 5.71. The molecule has 26 heavy (non-hydrogen) atoms. The normalized spacial score (nSPS) is 11.5. The molecule has 0 aliphatic heterocycles. The average molecular weight is 364 g/mol. The summed E-state index contributed by atoms with van der Waals surface area (Å²) in [5.74, 6) is -0.361. The molecule has 0 amide bonds. The molecule has 3 aromatic rings. The van der Waals surface area contributed by atoms with Gasteiger partial charge in [0.2, 0.25) is 0 Å². The summed E-state index contributed by atoms with van der Waals surface area (Å²) in [6, 6.07) is 18.3. The van der Waals surface area contributed by atoms with Crippen LogP contribution in [0.2, 0.25) is 5.02 Å². The number of rotatable bonds is 5. The third-order valence-electron chi connectivity index (χ3n) is 4.40. The predicted octanol–water partition coefficient (Wildman–Crippen LogP) is 7.04. The van der Waals surface area contributed by atoms with E-state index in [0.717, 1.165) is 35.6 Å². The Labute approximate surface area is 158 Å². The van der Waals surface area contributed by atoms with Crippen molar-refractivity contribution in [3.05, 3.63) is 82.1 Å². The predicted molar refractivity (Wildman–Crippen MR) is 107 cm³/mol. The number of nitrogens with zero attached hydrogens (tertiary/aromatic N) is 1. The van der Waals surface area contributed by atoms with Crippen LogP contribution in [0, 0.1) is 17.1 Å². The number of hydrogen-bond acceptors (Lipinski definition) is 1. The fourth-order valence-corrected chi connectivity index (χ4v) is 3.46. The highest BCUT2D eigenvalue weighted by atomic mass is 35.5. The Balaban J connectivity index is 2.11. The van der Waals surface area contributed by atoms with E-state index in [1.54, 1.807) is 18.2 Å². The van der Waals surface area contributed by atoms with Crippen molar-refractivity contribution in [1.29, 1.82) is 5.26 Å². The molecule has 0 radical (unpaired) electrons. The summed E-state index contributed by atoms with van der Waals surface area (Å²) in [5.41, 5.74) is 3.04. The first-order valence-electron chi connectivity index (χ1n) is 8.71. The molecule has 0 unspecified atom stereocenters. The molecule has 0 spiro atoms. The fraction of sp³-hybridized carbons (Fsp3) is 0.174. The van der Waals surface area contributed by atoms with Crippen molar-refractivity contribution in [2.45, 2.75) is 26.2 Å². The summed E-state index contributed by atoms with van der Waals surface area (Å²) in [5, 5.41) is 12.2. The molecule has 3 heteroatoms. The van der Waals surface area contributed by atoms with Gasteiger partial charge < -0.3 is 0 Å². The van der Waals surface area contributed by atoms with Gasteiger partial charge in [-0.3, -0.25) is 0 Å².